The second-order valence-corrected chi connectivity index (χ2v) is 6.45. The summed E-state index contributed by atoms with van der Waals surface area (Å²) in [5.41, 5.74) is 5.84. The van der Waals surface area contributed by atoms with Crippen molar-refractivity contribution < 1.29 is 17.9 Å². The molecule has 1 rings (SSSR count). The highest BCUT2D eigenvalue weighted by molar-refractivity contribution is 7.89. The van der Waals surface area contributed by atoms with E-state index >= 15 is 0 Å². The molecule has 0 aromatic heterocycles. The molecular weight excluding hydrogens is 330 g/mol. The molecule has 0 saturated carbocycles. The molecule has 1 aromatic rings. The Balaban J connectivity index is 0.00000441. The molecular formula is C13H22ClN3O4S. The van der Waals surface area contributed by atoms with Gasteiger partial charge in [-0.3, -0.25) is 4.79 Å². The first-order valence-corrected chi connectivity index (χ1v) is 7.95. The van der Waals surface area contributed by atoms with Crippen LogP contribution in [0.1, 0.15) is 23.7 Å². The van der Waals surface area contributed by atoms with Crippen LogP contribution in [-0.2, 0) is 10.0 Å². The topological polar surface area (TPSA) is 111 Å². The normalized spacial score (nSPS) is 12.2. The molecule has 22 heavy (non-hydrogen) atoms. The van der Waals surface area contributed by atoms with E-state index in [-0.39, 0.29) is 40.6 Å². The Morgan fingerprint density at radius 3 is 2.55 bits per heavy atom. The molecule has 9 heteroatoms. The van der Waals surface area contributed by atoms with Gasteiger partial charge in [-0.25, -0.2) is 13.1 Å². The highest BCUT2D eigenvalue weighted by atomic mass is 35.5. The number of rotatable bonds is 7. The standard InChI is InChI=1S/C13H21N3O4S.ClH/c1-9(14)6-7-16-13(17)10-4-5-11(20-3)12(8-10)21(18,19)15-2;/h4-5,8-9,15H,6-7,14H2,1-3H3,(H,16,17);1H. The number of benzene rings is 1. The summed E-state index contributed by atoms with van der Waals surface area (Å²) in [5, 5.41) is 2.69. The first-order chi connectivity index (χ1) is 9.81. The number of nitrogens with two attached hydrogens (primary N) is 1. The second kappa shape index (κ2) is 8.94. The van der Waals surface area contributed by atoms with Gasteiger partial charge in [0.15, 0.2) is 0 Å². The van der Waals surface area contributed by atoms with Gasteiger partial charge in [-0.15, -0.1) is 12.4 Å². The first kappa shape index (κ1) is 20.6. The van der Waals surface area contributed by atoms with Gasteiger partial charge in [0.2, 0.25) is 10.0 Å². The number of sulfonamides is 1. The van der Waals surface area contributed by atoms with Gasteiger partial charge in [-0.2, -0.15) is 0 Å². The van der Waals surface area contributed by atoms with Gasteiger partial charge < -0.3 is 15.8 Å². The molecule has 1 amide bonds. The molecule has 0 aliphatic rings. The monoisotopic (exact) mass is 351 g/mol. The van der Waals surface area contributed by atoms with Crippen LogP contribution in [-0.4, -0.2) is 41.1 Å². The lowest BCUT2D eigenvalue weighted by Gasteiger charge is -2.11. The van der Waals surface area contributed by atoms with Crippen molar-refractivity contribution in [3.8, 4) is 5.75 Å². The molecule has 4 N–H and O–H groups in total. The van der Waals surface area contributed by atoms with E-state index in [9.17, 15) is 13.2 Å². The SMILES string of the molecule is CNS(=O)(=O)c1cc(C(=O)NCCC(C)N)ccc1OC.Cl. The van der Waals surface area contributed by atoms with E-state index < -0.39 is 10.0 Å². The Morgan fingerprint density at radius 1 is 1.41 bits per heavy atom. The van der Waals surface area contributed by atoms with Crippen LogP contribution in [0.3, 0.4) is 0 Å². The molecule has 0 heterocycles. The molecule has 126 valence electrons. The maximum Gasteiger partial charge on any atom is 0.251 e. The minimum Gasteiger partial charge on any atom is -0.495 e. The number of halogens is 1. The van der Waals surface area contributed by atoms with Crippen LogP contribution in [0.5, 0.6) is 5.75 Å². The Hall–Kier alpha value is -1.35. The first-order valence-electron chi connectivity index (χ1n) is 6.47. The van der Waals surface area contributed by atoms with Crippen molar-refractivity contribution in [2.75, 3.05) is 20.7 Å². The largest absolute Gasteiger partial charge is 0.495 e. The fraction of sp³-hybridized carbons (Fsp3) is 0.462. The van der Waals surface area contributed by atoms with Gasteiger partial charge in [0.25, 0.3) is 5.91 Å². The van der Waals surface area contributed by atoms with Crippen LogP contribution in [0.4, 0.5) is 0 Å². The number of amides is 1. The van der Waals surface area contributed by atoms with Gasteiger partial charge in [0, 0.05) is 18.2 Å². The molecule has 1 aromatic carbocycles. The molecule has 0 radical (unpaired) electrons. The summed E-state index contributed by atoms with van der Waals surface area (Å²) >= 11 is 0. The molecule has 0 spiro atoms. The maximum absolute atomic E-state index is 12.0. The van der Waals surface area contributed by atoms with E-state index in [1.807, 2.05) is 6.92 Å². The quantitative estimate of drug-likeness (QED) is 0.662. The number of carbonyl (C=O) groups excluding carboxylic acids is 1. The van der Waals surface area contributed by atoms with Crippen LogP contribution in [0, 0.1) is 0 Å². The third-order valence-corrected chi connectivity index (χ3v) is 4.30. The van der Waals surface area contributed by atoms with Crippen molar-refractivity contribution in [3.63, 3.8) is 0 Å². The van der Waals surface area contributed by atoms with Gasteiger partial charge in [0.05, 0.1) is 7.11 Å². The molecule has 1 atom stereocenters. The minimum atomic E-state index is -3.71. The average molecular weight is 352 g/mol. The summed E-state index contributed by atoms with van der Waals surface area (Å²) < 4.78 is 31.1. The van der Waals surface area contributed by atoms with Crippen molar-refractivity contribution >= 4 is 28.3 Å². The van der Waals surface area contributed by atoms with Crippen molar-refractivity contribution in [3.05, 3.63) is 23.8 Å². The van der Waals surface area contributed by atoms with Gasteiger partial charge in [-0.05, 0) is 38.6 Å². The van der Waals surface area contributed by atoms with E-state index in [4.69, 9.17) is 10.5 Å². The van der Waals surface area contributed by atoms with Gasteiger partial charge in [0.1, 0.15) is 10.6 Å². The van der Waals surface area contributed by atoms with E-state index in [0.717, 1.165) is 0 Å². The van der Waals surface area contributed by atoms with Crippen LogP contribution >= 0.6 is 12.4 Å². The smallest absolute Gasteiger partial charge is 0.251 e. The van der Waals surface area contributed by atoms with E-state index in [2.05, 4.69) is 10.0 Å². The average Bonchev–Trinajstić information content (AvgIpc) is 2.46. The van der Waals surface area contributed by atoms with E-state index in [0.29, 0.717) is 13.0 Å². The van der Waals surface area contributed by atoms with Gasteiger partial charge in [-0.1, -0.05) is 0 Å². The number of ether oxygens (including phenoxy) is 1. The zero-order valence-corrected chi connectivity index (χ0v) is 14.4. The number of carbonyl (C=O) groups is 1. The third kappa shape index (κ3) is 5.45. The molecule has 0 aliphatic carbocycles. The predicted octanol–water partition coefficient (Wildman–Crippen LogP) is 0.492. The summed E-state index contributed by atoms with van der Waals surface area (Å²) in [6.45, 7) is 2.27. The van der Waals surface area contributed by atoms with Crippen molar-refractivity contribution in [2.24, 2.45) is 5.73 Å². The van der Waals surface area contributed by atoms with Crippen molar-refractivity contribution in [1.82, 2.24) is 10.0 Å². The molecule has 1 unspecified atom stereocenters. The number of nitrogens with one attached hydrogen (secondary N) is 2. The van der Waals surface area contributed by atoms with Crippen LogP contribution < -0.4 is 20.5 Å². The summed E-state index contributed by atoms with van der Waals surface area (Å²) in [7, 11) is -1.04. The number of hydrogen-bond donors (Lipinski definition) is 3. The Morgan fingerprint density at radius 2 is 2.05 bits per heavy atom. The molecule has 0 bridgehead atoms. The zero-order valence-electron chi connectivity index (χ0n) is 12.8. The summed E-state index contributed by atoms with van der Waals surface area (Å²) in [6, 6.07) is 4.23. The van der Waals surface area contributed by atoms with Crippen LogP contribution in [0.25, 0.3) is 0 Å². The minimum absolute atomic E-state index is 0. The second-order valence-electron chi connectivity index (χ2n) is 4.60. The Bertz CT molecular complexity index is 605. The third-order valence-electron chi connectivity index (χ3n) is 2.87. The highest BCUT2D eigenvalue weighted by Gasteiger charge is 2.20. The summed E-state index contributed by atoms with van der Waals surface area (Å²) in [4.78, 5) is 11.9. The zero-order chi connectivity index (χ0) is 16.0. The van der Waals surface area contributed by atoms with Crippen molar-refractivity contribution in [2.45, 2.75) is 24.3 Å². The lowest BCUT2D eigenvalue weighted by atomic mass is 10.2. The number of hydrogen-bond acceptors (Lipinski definition) is 5. The summed E-state index contributed by atoms with van der Waals surface area (Å²) in [6.07, 6.45) is 0.642. The molecule has 0 saturated heterocycles. The fourth-order valence-electron chi connectivity index (χ4n) is 1.65. The lowest BCUT2D eigenvalue weighted by molar-refractivity contribution is 0.0952. The predicted molar refractivity (Wildman–Crippen MR) is 87.1 cm³/mol. The van der Waals surface area contributed by atoms with Crippen LogP contribution in [0.2, 0.25) is 0 Å². The molecule has 0 fully saturated rings. The highest BCUT2D eigenvalue weighted by Crippen LogP contribution is 2.24. The van der Waals surface area contributed by atoms with E-state index in [1.165, 1.54) is 32.4 Å². The van der Waals surface area contributed by atoms with Gasteiger partial charge >= 0.3 is 0 Å². The van der Waals surface area contributed by atoms with E-state index in [1.54, 1.807) is 0 Å². The Labute approximate surface area is 137 Å². The Kier molecular flexibility index (Phi) is 8.39. The fourth-order valence-corrected chi connectivity index (χ4v) is 2.57. The summed E-state index contributed by atoms with van der Waals surface area (Å²) in [5.74, 6) is -0.178. The lowest BCUT2D eigenvalue weighted by Crippen LogP contribution is -2.29. The van der Waals surface area contributed by atoms with Crippen molar-refractivity contribution in [1.29, 1.82) is 0 Å². The molecule has 7 nitrogen and oxygen atoms in total. The number of methoxy groups -OCH3 is 1. The maximum atomic E-state index is 12.0. The van der Waals surface area contributed by atoms with Crippen LogP contribution in [0.15, 0.2) is 23.1 Å². The molecule has 0 aliphatic heterocycles.